The lowest BCUT2D eigenvalue weighted by molar-refractivity contribution is 0.251. The maximum Gasteiger partial charge on any atom is 0.142 e. The van der Waals surface area contributed by atoms with Gasteiger partial charge in [-0.3, -0.25) is 4.90 Å². The van der Waals surface area contributed by atoms with Crippen molar-refractivity contribution >= 4 is 22.7 Å². The minimum absolute atomic E-state index is 0.984. The highest BCUT2D eigenvalue weighted by Crippen LogP contribution is 2.32. The van der Waals surface area contributed by atoms with E-state index >= 15 is 0 Å². The van der Waals surface area contributed by atoms with Crippen LogP contribution < -0.4 is 9.64 Å². The fourth-order valence-corrected chi connectivity index (χ4v) is 5.57. The largest absolute Gasteiger partial charge is 0.495 e. The lowest BCUT2D eigenvalue weighted by Crippen LogP contribution is -2.46. The Morgan fingerprint density at radius 3 is 2.42 bits per heavy atom. The molecule has 4 heteroatoms. The van der Waals surface area contributed by atoms with Crippen LogP contribution in [0.4, 0.5) is 5.69 Å². The molecule has 0 bridgehead atoms. The minimum Gasteiger partial charge on any atom is -0.495 e. The van der Waals surface area contributed by atoms with Gasteiger partial charge < -0.3 is 14.2 Å². The van der Waals surface area contributed by atoms with Gasteiger partial charge in [0.25, 0.3) is 0 Å². The fourth-order valence-electron chi connectivity index (χ4n) is 5.57. The van der Waals surface area contributed by atoms with Gasteiger partial charge in [0.1, 0.15) is 5.75 Å². The van der Waals surface area contributed by atoms with E-state index in [1.54, 1.807) is 12.7 Å². The van der Waals surface area contributed by atoms with Crippen LogP contribution in [0, 0.1) is 0 Å². The molecule has 0 radical (unpaired) electrons. The maximum atomic E-state index is 5.55. The number of aromatic nitrogens is 1. The number of aryl methyl sites for hydroxylation is 2. The van der Waals surface area contributed by atoms with Crippen molar-refractivity contribution in [3.63, 3.8) is 0 Å². The molecule has 0 N–H and O–H groups in total. The zero-order valence-corrected chi connectivity index (χ0v) is 20.0. The Morgan fingerprint density at radius 2 is 1.58 bits per heavy atom. The molecule has 0 atom stereocenters. The average molecular weight is 444 g/mol. The predicted octanol–water partition coefficient (Wildman–Crippen LogP) is 5.99. The zero-order chi connectivity index (χ0) is 22.5. The van der Waals surface area contributed by atoms with Crippen LogP contribution in [-0.2, 0) is 13.0 Å². The summed E-state index contributed by atoms with van der Waals surface area (Å²) in [7, 11) is 1.76. The highest BCUT2D eigenvalue weighted by Gasteiger charge is 2.19. The fraction of sp³-hybridized carbons (Fsp3) is 0.448. The molecule has 2 aromatic carbocycles. The van der Waals surface area contributed by atoms with Crippen molar-refractivity contribution in [3.05, 3.63) is 65.9 Å². The third kappa shape index (κ3) is 4.81. The summed E-state index contributed by atoms with van der Waals surface area (Å²) in [6.07, 6.45) is 12.3. The lowest BCUT2D eigenvalue weighted by atomic mass is 10.0. The van der Waals surface area contributed by atoms with E-state index in [1.807, 2.05) is 6.07 Å². The Kier molecular flexibility index (Phi) is 7.01. The van der Waals surface area contributed by atoms with Crippen molar-refractivity contribution in [2.45, 2.75) is 45.1 Å². The molecule has 0 amide bonds. The standard InChI is InChI=1S/C29H37N3O/c1-33-29-17-9-8-16-28(29)31-22-20-30(21-23-31)18-10-2-3-11-19-32-26-14-6-4-12-24(26)25-13-5-7-15-27(25)32/h4,6-9,12,14-17H,2-3,5,10-11,13,18-23H2,1H3. The molecule has 5 rings (SSSR count). The molecular weight excluding hydrogens is 406 g/mol. The molecule has 0 saturated carbocycles. The first-order chi connectivity index (χ1) is 16.3. The van der Waals surface area contributed by atoms with Crippen molar-refractivity contribution in [2.24, 2.45) is 0 Å². The quantitative estimate of drug-likeness (QED) is 0.379. The molecular formula is C29H37N3O. The summed E-state index contributed by atoms with van der Waals surface area (Å²) in [5, 5.41) is 1.46. The van der Waals surface area contributed by atoms with Crippen LogP contribution in [0.2, 0.25) is 0 Å². The number of piperazine rings is 1. The van der Waals surface area contributed by atoms with Gasteiger partial charge in [-0.05, 0) is 62.1 Å². The van der Waals surface area contributed by atoms with Crippen LogP contribution in [0.15, 0.2) is 54.6 Å². The number of unbranched alkanes of at least 4 members (excludes halogenated alkanes) is 3. The first-order valence-electron chi connectivity index (χ1n) is 12.7. The van der Waals surface area contributed by atoms with E-state index < -0.39 is 0 Å². The van der Waals surface area contributed by atoms with Crippen molar-refractivity contribution in [1.29, 1.82) is 0 Å². The number of anilines is 1. The van der Waals surface area contributed by atoms with E-state index in [2.05, 4.69) is 69.0 Å². The Bertz CT molecular complexity index is 1090. The molecule has 1 aliphatic heterocycles. The van der Waals surface area contributed by atoms with E-state index in [0.717, 1.165) is 38.5 Å². The Labute approximate surface area is 198 Å². The van der Waals surface area contributed by atoms with Gasteiger partial charge in [0, 0.05) is 49.3 Å². The molecule has 33 heavy (non-hydrogen) atoms. The van der Waals surface area contributed by atoms with Gasteiger partial charge in [0.15, 0.2) is 0 Å². The first-order valence-corrected chi connectivity index (χ1v) is 12.7. The molecule has 1 fully saturated rings. The highest BCUT2D eigenvalue weighted by atomic mass is 16.5. The molecule has 4 nitrogen and oxygen atoms in total. The molecule has 1 saturated heterocycles. The van der Waals surface area contributed by atoms with Gasteiger partial charge in [-0.15, -0.1) is 0 Å². The van der Waals surface area contributed by atoms with Crippen LogP contribution in [0.25, 0.3) is 17.0 Å². The number of hydrogen-bond donors (Lipinski definition) is 0. The Hall–Kier alpha value is -2.72. The SMILES string of the molecule is COc1ccccc1N1CCN(CCCCCCn2c3c(c4ccccc42)CCC=C3)CC1. The van der Waals surface area contributed by atoms with Crippen molar-refractivity contribution in [1.82, 2.24) is 9.47 Å². The van der Waals surface area contributed by atoms with Crippen LogP contribution in [0.3, 0.4) is 0 Å². The molecule has 3 aromatic rings. The van der Waals surface area contributed by atoms with Gasteiger partial charge >= 0.3 is 0 Å². The van der Waals surface area contributed by atoms with E-state index in [-0.39, 0.29) is 0 Å². The molecule has 1 aromatic heterocycles. The number of fused-ring (bicyclic) bond motifs is 3. The second kappa shape index (κ2) is 10.5. The average Bonchev–Trinajstić information content (AvgIpc) is 3.20. The minimum atomic E-state index is 0.984. The van der Waals surface area contributed by atoms with Crippen LogP contribution in [-0.4, -0.2) is 49.3 Å². The number of benzene rings is 2. The van der Waals surface area contributed by atoms with E-state index in [1.165, 1.54) is 67.4 Å². The third-order valence-electron chi connectivity index (χ3n) is 7.36. The summed E-state index contributed by atoms with van der Waals surface area (Å²) in [5.41, 5.74) is 5.66. The van der Waals surface area contributed by atoms with Crippen molar-refractivity contribution in [2.75, 3.05) is 44.7 Å². The number of nitrogens with zero attached hydrogens (tertiary/aromatic N) is 3. The third-order valence-corrected chi connectivity index (χ3v) is 7.36. The molecule has 2 aliphatic rings. The van der Waals surface area contributed by atoms with Crippen LogP contribution in [0.1, 0.15) is 43.4 Å². The smallest absolute Gasteiger partial charge is 0.142 e. The highest BCUT2D eigenvalue weighted by molar-refractivity contribution is 5.88. The summed E-state index contributed by atoms with van der Waals surface area (Å²) in [4.78, 5) is 5.10. The van der Waals surface area contributed by atoms with E-state index in [9.17, 15) is 0 Å². The molecule has 1 aliphatic carbocycles. The molecule has 0 unspecified atom stereocenters. The molecule has 174 valence electrons. The Balaban J connectivity index is 1.05. The monoisotopic (exact) mass is 443 g/mol. The number of ether oxygens (including phenoxy) is 1. The lowest BCUT2D eigenvalue weighted by Gasteiger charge is -2.36. The second-order valence-corrected chi connectivity index (χ2v) is 9.39. The van der Waals surface area contributed by atoms with Gasteiger partial charge in [0.05, 0.1) is 12.8 Å². The topological polar surface area (TPSA) is 20.6 Å². The van der Waals surface area contributed by atoms with Gasteiger partial charge in [-0.25, -0.2) is 0 Å². The van der Waals surface area contributed by atoms with Gasteiger partial charge in [-0.2, -0.15) is 0 Å². The number of allylic oxidation sites excluding steroid dienone is 1. The number of hydrogen-bond acceptors (Lipinski definition) is 3. The normalized spacial score (nSPS) is 16.3. The van der Waals surface area contributed by atoms with Crippen LogP contribution in [0.5, 0.6) is 5.75 Å². The molecule has 0 spiro atoms. The Morgan fingerprint density at radius 1 is 0.818 bits per heavy atom. The molecule has 2 heterocycles. The van der Waals surface area contributed by atoms with Crippen molar-refractivity contribution < 1.29 is 4.74 Å². The van der Waals surface area contributed by atoms with Gasteiger partial charge in [-0.1, -0.05) is 49.2 Å². The number of methoxy groups -OCH3 is 1. The summed E-state index contributed by atoms with van der Waals surface area (Å²) >= 11 is 0. The van der Waals surface area contributed by atoms with Crippen LogP contribution >= 0.6 is 0 Å². The summed E-state index contributed by atoms with van der Waals surface area (Å²) in [6.45, 7) is 6.82. The number of rotatable bonds is 9. The van der Waals surface area contributed by atoms with E-state index in [4.69, 9.17) is 4.74 Å². The summed E-state index contributed by atoms with van der Waals surface area (Å²) in [6, 6.07) is 17.3. The zero-order valence-electron chi connectivity index (χ0n) is 20.0. The predicted molar refractivity (Wildman–Crippen MR) is 139 cm³/mol. The summed E-state index contributed by atoms with van der Waals surface area (Å²) < 4.78 is 8.12. The second-order valence-electron chi connectivity index (χ2n) is 9.39. The number of para-hydroxylation sites is 3. The van der Waals surface area contributed by atoms with E-state index in [0.29, 0.717) is 0 Å². The first kappa shape index (κ1) is 22.1. The van der Waals surface area contributed by atoms with Crippen molar-refractivity contribution in [3.8, 4) is 5.75 Å². The van der Waals surface area contributed by atoms with Gasteiger partial charge in [0.2, 0.25) is 0 Å². The maximum absolute atomic E-state index is 5.55. The summed E-state index contributed by atoms with van der Waals surface area (Å²) in [5.74, 6) is 0.984.